The van der Waals surface area contributed by atoms with E-state index in [1.807, 2.05) is 13.0 Å². The number of hydrogen-bond donors (Lipinski definition) is 1. The third kappa shape index (κ3) is 5.20. The van der Waals surface area contributed by atoms with E-state index in [-0.39, 0.29) is 11.4 Å². The zero-order chi connectivity index (χ0) is 21.9. The number of ether oxygens (including phenoxy) is 2. The molecular weight excluding hydrogens is 386 g/mol. The Kier molecular flexibility index (Phi) is 6.48. The number of amides is 1. The second-order valence-corrected chi connectivity index (χ2v) is 8.62. The zero-order valence-electron chi connectivity index (χ0n) is 18.0. The van der Waals surface area contributed by atoms with Gasteiger partial charge in [-0.2, -0.15) is 0 Å². The molecule has 1 heterocycles. The Bertz CT molecular complexity index is 1000. The highest BCUT2D eigenvalue weighted by atomic mass is 16.6. The van der Waals surface area contributed by atoms with E-state index in [1.165, 1.54) is 0 Å². The van der Waals surface area contributed by atoms with Crippen LogP contribution in [-0.2, 0) is 22.4 Å². The van der Waals surface area contributed by atoms with Gasteiger partial charge in [0, 0.05) is 17.0 Å². The number of carbonyl (C=O) groups excluding carboxylic acids is 2. The quantitative estimate of drug-likeness (QED) is 0.445. The highest BCUT2D eigenvalue weighted by molar-refractivity contribution is 5.86. The number of esters is 1. The van der Waals surface area contributed by atoms with E-state index in [2.05, 4.69) is 5.32 Å². The first-order valence-electron chi connectivity index (χ1n) is 10.5. The highest BCUT2D eigenvalue weighted by Crippen LogP contribution is 2.29. The molecule has 0 fully saturated rings. The summed E-state index contributed by atoms with van der Waals surface area (Å²) < 4.78 is 16.2. The van der Waals surface area contributed by atoms with Crippen molar-refractivity contribution in [3.63, 3.8) is 0 Å². The standard InChI is InChI=1S/C23H29NO6/c1-5-8-18(24-22(27)30-23(2,3)4)21(26)28-14-11-12-16-15-9-6-7-10-17(15)20(25)29-19(16)13-14/h11-13,18H,5-10H2,1-4H3,(H,24,27)/t18-/m1/s1. The second kappa shape index (κ2) is 8.90. The molecule has 1 aromatic carbocycles. The summed E-state index contributed by atoms with van der Waals surface area (Å²) in [6.45, 7) is 7.16. The molecule has 162 valence electrons. The molecule has 7 heteroatoms. The van der Waals surface area contributed by atoms with E-state index < -0.39 is 23.7 Å². The molecular formula is C23H29NO6. The summed E-state index contributed by atoms with van der Waals surface area (Å²) in [5.74, 6) is -0.333. The number of carbonyl (C=O) groups is 2. The predicted molar refractivity (Wildman–Crippen MR) is 113 cm³/mol. The van der Waals surface area contributed by atoms with Crippen molar-refractivity contribution in [3.8, 4) is 5.75 Å². The Morgan fingerprint density at radius 2 is 1.87 bits per heavy atom. The minimum atomic E-state index is -0.837. The lowest BCUT2D eigenvalue weighted by molar-refractivity contribution is -0.137. The normalized spacial score (nSPS) is 14.7. The summed E-state index contributed by atoms with van der Waals surface area (Å²) in [5.41, 5.74) is 1.19. The third-order valence-electron chi connectivity index (χ3n) is 4.97. The Morgan fingerprint density at radius 1 is 1.17 bits per heavy atom. The smallest absolute Gasteiger partial charge is 0.408 e. The third-order valence-corrected chi connectivity index (χ3v) is 4.97. The van der Waals surface area contributed by atoms with Gasteiger partial charge in [-0.3, -0.25) is 0 Å². The SMILES string of the molecule is CCC[C@@H](NC(=O)OC(C)(C)C)C(=O)Oc1ccc2c3c(c(=O)oc2c1)CCCC3. The topological polar surface area (TPSA) is 94.8 Å². The summed E-state index contributed by atoms with van der Waals surface area (Å²) in [7, 11) is 0. The van der Waals surface area contributed by atoms with Crippen LogP contribution in [0, 0.1) is 0 Å². The summed E-state index contributed by atoms with van der Waals surface area (Å²) >= 11 is 0. The van der Waals surface area contributed by atoms with Crippen molar-refractivity contribution in [1.82, 2.24) is 5.32 Å². The molecule has 0 saturated carbocycles. The largest absolute Gasteiger partial charge is 0.444 e. The van der Waals surface area contributed by atoms with Gasteiger partial charge < -0.3 is 19.2 Å². The lowest BCUT2D eigenvalue weighted by atomic mass is 9.91. The second-order valence-electron chi connectivity index (χ2n) is 8.62. The lowest BCUT2D eigenvalue weighted by Crippen LogP contribution is -2.45. The summed E-state index contributed by atoms with van der Waals surface area (Å²) in [6.07, 6.45) is 4.02. The van der Waals surface area contributed by atoms with Gasteiger partial charge in [0.1, 0.15) is 23.0 Å². The van der Waals surface area contributed by atoms with Crippen LogP contribution in [0.3, 0.4) is 0 Å². The predicted octanol–water partition coefficient (Wildman–Crippen LogP) is 4.27. The van der Waals surface area contributed by atoms with Crippen molar-refractivity contribution in [2.75, 3.05) is 0 Å². The van der Waals surface area contributed by atoms with Gasteiger partial charge in [0.2, 0.25) is 0 Å². The minimum absolute atomic E-state index is 0.263. The maximum Gasteiger partial charge on any atom is 0.408 e. The fraction of sp³-hybridized carbons (Fsp3) is 0.522. The minimum Gasteiger partial charge on any atom is -0.444 e. The molecule has 1 atom stereocenters. The van der Waals surface area contributed by atoms with Crippen molar-refractivity contribution in [3.05, 3.63) is 39.7 Å². The monoisotopic (exact) mass is 415 g/mol. The number of nitrogens with one attached hydrogen (secondary N) is 1. The molecule has 1 aliphatic rings. The van der Waals surface area contributed by atoms with E-state index >= 15 is 0 Å². The fourth-order valence-electron chi connectivity index (χ4n) is 3.66. The molecule has 1 aromatic heterocycles. The number of fused-ring (bicyclic) bond motifs is 3. The van der Waals surface area contributed by atoms with Crippen molar-refractivity contribution in [2.24, 2.45) is 0 Å². The van der Waals surface area contributed by atoms with Gasteiger partial charge in [-0.05, 0) is 70.6 Å². The van der Waals surface area contributed by atoms with Gasteiger partial charge in [-0.25, -0.2) is 14.4 Å². The van der Waals surface area contributed by atoms with Crippen LogP contribution in [0.5, 0.6) is 5.75 Å². The van der Waals surface area contributed by atoms with Crippen LogP contribution in [0.1, 0.15) is 64.5 Å². The Morgan fingerprint density at radius 3 is 2.53 bits per heavy atom. The molecule has 30 heavy (non-hydrogen) atoms. The molecule has 3 rings (SSSR count). The van der Waals surface area contributed by atoms with Crippen molar-refractivity contribution < 1.29 is 23.5 Å². The van der Waals surface area contributed by atoms with Crippen LogP contribution < -0.4 is 15.7 Å². The first kappa shape index (κ1) is 21.9. The first-order valence-corrected chi connectivity index (χ1v) is 10.5. The van der Waals surface area contributed by atoms with Gasteiger partial charge in [0.25, 0.3) is 0 Å². The maximum absolute atomic E-state index is 12.7. The highest BCUT2D eigenvalue weighted by Gasteiger charge is 2.26. The molecule has 0 bridgehead atoms. The van der Waals surface area contributed by atoms with E-state index in [9.17, 15) is 14.4 Å². The molecule has 2 aromatic rings. The van der Waals surface area contributed by atoms with Crippen molar-refractivity contribution in [2.45, 2.75) is 77.9 Å². The number of alkyl carbamates (subject to hydrolysis) is 1. The fourth-order valence-corrected chi connectivity index (χ4v) is 3.66. The lowest BCUT2D eigenvalue weighted by Gasteiger charge is -2.22. The number of aryl methyl sites for hydroxylation is 1. The Hall–Kier alpha value is -2.83. The Labute approximate surface area is 175 Å². The van der Waals surface area contributed by atoms with E-state index in [4.69, 9.17) is 13.9 Å². The van der Waals surface area contributed by atoms with E-state index in [0.717, 1.165) is 42.2 Å². The molecule has 0 radical (unpaired) electrons. The number of benzene rings is 1. The number of rotatable bonds is 5. The molecule has 0 unspecified atom stereocenters. The molecule has 7 nitrogen and oxygen atoms in total. The summed E-state index contributed by atoms with van der Waals surface area (Å²) in [4.78, 5) is 37.0. The van der Waals surface area contributed by atoms with Crippen LogP contribution in [0.25, 0.3) is 11.0 Å². The van der Waals surface area contributed by atoms with Crippen LogP contribution in [0.4, 0.5) is 4.79 Å². The van der Waals surface area contributed by atoms with Crippen molar-refractivity contribution >= 4 is 23.0 Å². The van der Waals surface area contributed by atoms with Crippen LogP contribution in [0.15, 0.2) is 27.4 Å². The number of hydrogen-bond acceptors (Lipinski definition) is 6. The van der Waals surface area contributed by atoms with E-state index in [0.29, 0.717) is 18.4 Å². The van der Waals surface area contributed by atoms with Gasteiger partial charge in [-0.1, -0.05) is 13.3 Å². The zero-order valence-corrected chi connectivity index (χ0v) is 18.0. The van der Waals surface area contributed by atoms with Gasteiger partial charge in [0.15, 0.2) is 0 Å². The van der Waals surface area contributed by atoms with E-state index in [1.54, 1.807) is 32.9 Å². The average Bonchev–Trinajstić information content (AvgIpc) is 2.66. The molecule has 0 aliphatic heterocycles. The molecule has 0 spiro atoms. The first-order chi connectivity index (χ1) is 14.2. The van der Waals surface area contributed by atoms with Crippen molar-refractivity contribution in [1.29, 1.82) is 0 Å². The molecule has 1 N–H and O–H groups in total. The molecule has 1 aliphatic carbocycles. The molecule has 0 saturated heterocycles. The molecule has 1 amide bonds. The van der Waals surface area contributed by atoms with Crippen LogP contribution >= 0.6 is 0 Å². The Balaban J connectivity index is 1.79. The maximum atomic E-state index is 12.7. The average molecular weight is 415 g/mol. The summed E-state index contributed by atoms with van der Waals surface area (Å²) in [5, 5.41) is 3.45. The van der Waals surface area contributed by atoms with Gasteiger partial charge in [0.05, 0.1) is 0 Å². The van der Waals surface area contributed by atoms with Gasteiger partial charge >= 0.3 is 17.7 Å². The summed E-state index contributed by atoms with van der Waals surface area (Å²) in [6, 6.07) is 4.23. The van der Waals surface area contributed by atoms with Gasteiger partial charge in [-0.15, -0.1) is 0 Å². The van der Waals surface area contributed by atoms with Crippen LogP contribution in [-0.4, -0.2) is 23.7 Å². The van der Waals surface area contributed by atoms with Crippen LogP contribution in [0.2, 0.25) is 0 Å².